The lowest BCUT2D eigenvalue weighted by Crippen LogP contribution is -2.45. The summed E-state index contributed by atoms with van der Waals surface area (Å²) in [7, 11) is 1.91. The SMILES string of the molecule is C/C=C1\c2ccccc2N(C)C(=O)C12CCCC2. The second-order valence-electron chi connectivity index (χ2n) is 5.37. The number of hydrogen-bond donors (Lipinski definition) is 0. The van der Waals surface area contributed by atoms with Crippen LogP contribution in [0.15, 0.2) is 30.3 Å². The number of nitrogens with zero attached hydrogens (tertiary/aromatic N) is 1. The second-order valence-corrected chi connectivity index (χ2v) is 5.37. The Morgan fingerprint density at radius 3 is 2.56 bits per heavy atom. The van der Waals surface area contributed by atoms with Gasteiger partial charge in [0.15, 0.2) is 0 Å². The third-order valence-corrected chi connectivity index (χ3v) is 4.53. The van der Waals surface area contributed by atoms with Crippen LogP contribution in [-0.4, -0.2) is 13.0 Å². The van der Waals surface area contributed by atoms with Crippen LogP contribution in [0.25, 0.3) is 5.57 Å². The predicted octanol–water partition coefficient (Wildman–Crippen LogP) is 3.63. The van der Waals surface area contributed by atoms with E-state index in [1.54, 1.807) is 0 Å². The minimum atomic E-state index is -0.238. The first-order valence-corrected chi connectivity index (χ1v) is 6.75. The lowest BCUT2D eigenvalue weighted by atomic mass is 9.71. The monoisotopic (exact) mass is 241 g/mol. The summed E-state index contributed by atoms with van der Waals surface area (Å²) in [5.41, 5.74) is 3.30. The van der Waals surface area contributed by atoms with E-state index < -0.39 is 0 Å². The fraction of sp³-hybridized carbons (Fsp3) is 0.438. The first-order chi connectivity index (χ1) is 8.70. The summed E-state index contributed by atoms with van der Waals surface area (Å²) >= 11 is 0. The summed E-state index contributed by atoms with van der Waals surface area (Å²) in [6.07, 6.45) is 6.49. The molecule has 1 aromatic rings. The van der Waals surface area contributed by atoms with Gasteiger partial charge in [-0.2, -0.15) is 0 Å². The maximum absolute atomic E-state index is 12.8. The van der Waals surface area contributed by atoms with Crippen LogP contribution < -0.4 is 4.90 Å². The number of allylic oxidation sites excluding steroid dienone is 1. The average molecular weight is 241 g/mol. The Balaban J connectivity index is 2.24. The van der Waals surface area contributed by atoms with Crippen molar-refractivity contribution in [3.63, 3.8) is 0 Å². The molecule has 1 aliphatic carbocycles. The van der Waals surface area contributed by atoms with E-state index >= 15 is 0 Å². The van der Waals surface area contributed by atoms with Gasteiger partial charge in [-0.25, -0.2) is 0 Å². The molecule has 1 heterocycles. The summed E-state index contributed by atoms with van der Waals surface area (Å²) < 4.78 is 0. The van der Waals surface area contributed by atoms with Gasteiger partial charge < -0.3 is 4.90 Å². The number of amides is 1. The predicted molar refractivity (Wildman–Crippen MR) is 74.4 cm³/mol. The van der Waals surface area contributed by atoms with Crippen LogP contribution in [0.5, 0.6) is 0 Å². The zero-order chi connectivity index (χ0) is 12.8. The van der Waals surface area contributed by atoms with Crippen molar-refractivity contribution in [3.05, 3.63) is 35.9 Å². The molecule has 18 heavy (non-hydrogen) atoms. The highest BCUT2D eigenvalue weighted by molar-refractivity contribution is 6.11. The molecule has 1 aliphatic heterocycles. The van der Waals surface area contributed by atoms with Gasteiger partial charge in [-0.1, -0.05) is 37.1 Å². The molecule has 0 aromatic heterocycles. The molecular formula is C16H19NO. The van der Waals surface area contributed by atoms with Gasteiger partial charge in [-0.15, -0.1) is 0 Å². The van der Waals surface area contributed by atoms with Crippen molar-refractivity contribution in [1.29, 1.82) is 0 Å². The van der Waals surface area contributed by atoms with Crippen LogP contribution in [0.4, 0.5) is 5.69 Å². The number of carbonyl (C=O) groups excluding carboxylic acids is 1. The summed E-state index contributed by atoms with van der Waals surface area (Å²) in [4.78, 5) is 14.6. The summed E-state index contributed by atoms with van der Waals surface area (Å²) in [5.74, 6) is 0.284. The van der Waals surface area contributed by atoms with Crippen molar-refractivity contribution in [2.45, 2.75) is 32.6 Å². The van der Waals surface area contributed by atoms with Gasteiger partial charge in [0.2, 0.25) is 5.91 Å². The van der Waals surface area contributed by atoms with Crippen molar-refractivity contribution in [2.75, 3.05) is 11.9 Å². The average Bonchev–Trinajstić information content (AvgIpc) is 2.88. The summed E-state index contributed by atoms with van der Waals surface area (Å²) in [5, 5.41) is 0. The molecule has 1 amide bonds. The minimum absolute atomic E-state index is 0.238. The number of benzene rings is 1. The topological polar surface area (TPSA) is 20.3 Å². The van der Waals surface area contributed by atoms with Gasteiger partial charge in [0.1, 0.15) is 0 Å². The summed E-state index contributed by atoms with van der Waals surface area (Å²) in [6, 6.07) is 8.25. The van der Waals surface area contributed by atoms with E-state index in [0.717, 1.165) is 18.5 Å². The zero-order valence-corrected chi connectivity index (χ0v) is 11.1. The molecule has 0 unspecified atom stereocenters. The van der Waals surface area contributed by atoms with E-state index in [1.807, 2.05) is 24.1 Å². The fourth-order valence-corrected chi connectivity index (χ4v) is 3.69. The largest absolute Gasteiger partial charge is 0.314 e. The molecule has 0 bridgehead atoms. The zero-order valence-electron chi connectivity index (χ0n) is 11.1. The van der Waals surface area contributed by atoms with E-state index in [1.165, 1.54) is 24.0 Å². The van der Waals surface area contributed by atoms with Crippen molar-refractivity contribution in [2.24, 2.45) is 5.41 Å². The lowest BCUT2D eigenvalue weighted by Gasteiger charge is -2.41. The molecule has 94 valence electrons. The molecule has 1 saturated carbocycles. The van der Waals surface area contributed by atoms with E-state index in [4.69, 9.17) is 0 Å². The van der Waals surface area contributed by atoms with Crippen LogP contribution in [0.1, 0.15) is 38.2 Å². The van der Waals surface area contributed by atoms with Crippen molar-refractivity contribution < 1.29 is 4.79 Å². The number of carbonyl (C=O) groups is 1. The lowest BCUT2D eigenvalue weighted by molar-refractivity contribution is -0.125. The highest BCUT2D eigenvalue weighted by Crippen LogP contribution is 2.54. The van der Waals surface area contributed by atoms with Crippen molar-refractivity contribution in [1.82, 2.24) is 0 Å². The third-order valence-electron chi connectivity index (χ3n) is 4.53. The molecular weight excluding hydrogens is 222 g/mol. The van der Waals surface area contributed by atoms with Crippen LogP contribution >= 0.6 is 0 Å². The van der Waals surface area contributed by atoms with Gasteiger partial charge in [0.05, 0.1) is 11.1 Å². The Morgan fingerprint density at radius 1 is 1.22 bits per heavy atom. The van der Waals surface area contributed by atoms with E-state index in [2.05, 4.69) is 25.1 Å². The van der Waals surface area contributed by atoms with Gasteiger partial charge >= 0.3 is 0 Å². The quantitative estimate of drug-likeness (QED) is 0.679. The Hall–Kier alpha value is -1.57. The third kappa shape index (κ3) is 1.32. The Bertz CT molecular complexity index is 524. The van der Waals surface area contributed by atoms with Crippen molar-refractivity contribution in [3.8, 4) is 0 Å². The molecule has 3 rings (SSSR count). The first kappa shape index (κ1) is 11.5. The van der Waals surface area contributed by atoms with E-state index in [9.17, 15) is 4.79 Å². The highest BCUT2D eigenvalue weighted by Gasteiger charge is 2.49. The molecule has 2 aliphatic rings. The molecule has 2 heteroatoms. The highest BCUT2D eigenvalue weighted by atomic mass is 16.2. The number of para-hydroxylation sites is 1. The van der Waals surface area contributed by atoms with Crippen molar-refractivity contribution >= 4 is 17.2 Å². The molecule has 1 fully saturated rings. The van der Waals surface area contributed by atoms with Crippen LogP contribution in [0.2, 0.25) is 0 Å². The van der Waals surface area contributed by atoms with E-state index in [-0.39, 0.29) is 11.3 Å². The first-order valence-electron chi connectivity index (χ1n) is 6.75. The Morgan fingerprint density at radius 2 is 1.89 bits per heavy atom. The molecule has 1 aromatic carbocycles. The molecule has 0 saturated heterocycles. The van der Waals surface area contributed by atoms with Gasteiger partial charge in [0.25, 0.3) is 0 Å². The molecule has 0 radical (unpaired) electrons. The number of anilines is 1. The summed E-state index contributed by atoms with van der Waals surface area (Å²) in [6.45, 7) is 2.06. The van der Waals surface area contributed by atoms with E-state index in [0.29, 0.717) is 0 Å². The van der Waals surface area contributed by atoms with Gasteiger partial charge in [-0.05, 0) is 31.4 Å². The number of rotatable bonds is 0. The fourth-order valence-electron chi connectivity index (χ4n) is 3.69. The standard InChI is InChI=1S/C16H19NO/c1-3-13-12-8-4-5-9-14(12)17(2)15(18)16(13)10-6-7-11-16/h3-5,8-9H,6-7,10-11H2,1-2H3/b13-3+. The Labute approximate surface area is 108 Å². The maximum Gasteiger partial charge on any atom is 0.237 e. The molecule has 0 N–H and O–H groups in total. The number of hydrogen-bond acceptors (Lipinski definition) is 1. The van der Waals surface area contributed by atoms with Crippen LogP contribution in [-0.2, 0) is 4.79 Å². The van der Waals surface area contributed by atoms with Gasteiger partial charge in [0, 0.05) is 12.6 Å². The second kappa shape index (κ2) is 3.98. The Kier molecular flexibility index (Phi) is 2.54. The molecule has 0 atom stereocenters. The normalized spacial score (nSPS) is 23.8. The van der Waals surface area contributed by atoms with Crippen LogP contribution in [0.3, 0.4) is 0 Å². The number of fused-ring (bicyclic) bond motifs is 1. The smallest absolute Gasteiger partial charge is 0.237 e. The van der Waals surface area contributed by atoms with Gasteiger partial charge in [-0.3, -0.25) is 4.79 Å². The van der Waals surface area contributed by atoms with Crippen LogP contribution in [0, 0.1) is 5.41 Å². The maximum atomic E-state index is 12.8. The minimum Gasteiger partial charge on any atom is -0.314 e. The molecule has 1 spiro atoms. The molecule has 2 nitrogen and oxygen atoms in total.